The molecule has 1 aromatic heterocycles. The Bertz CT molecular complexity index is 594. The summed E-state index contributed by atoms with van der Waals surface area (Å²) < 4.78 is 1.10. The number of aromatic nitrogens is 1. The molecule has 3 unspecified atom stereocenters. The first-order valence-corrected chi connectivity index (χ1v) is 7.80. The fourth-order valence-electron chi connectivity index (χ4n) is 3.56. The average molecular weight is 279 g/mol. The van der Waals surface area contributed by atoms with Gasteiger partial charge in [0.05, 0.1) is 15.2 Å². The van der Waals surface area contributed by atoms with Gasteiger partial charge in [-0.3, -0.25) is 0 Å². The normalized spacial score (nSPS) is 30.2. The Labute approximate surface area is 115 Å². The molecule has 0 saturated heterocycles. The van der Waals surface area contributed by atoms with E-state index >= 15 is 0 Å². The molecule has 0 amide bonds. The predicted molar refractivity (Wildman–Crippen MR) is 77.5 cm³/mol. The molecule has 2 aliphatic rings. The lowest BCUT2D eigenvalue weighted by atomic mass is 9.96. The van der Waals surface area contributed by atoms with Crippen LogP contribution in [0.15, 0.2) is 18.2 Å². The van der Waals surface area contributed by atoms with E-state index in [-0.39, 0.29) is 0 Å². The Morgan fingerprint density at radius 1 is 1.28 bits per heavy atom. The molecule has 1 heterocycles. The summed E-state index contributed by atoms with van der Waals surface area (Å²) in [5.74, 6) is 1.84. The van der Waals surface area contributed by atoms with Crippen molar-refractivity contribution in [2.45, 2.75) is 31.7 Å². The molecular formula is C14H15ClN2S. The van der Waals surface area contributed by atoms with Crippen LogP contribution in [-0.2, 0) is 0 Å². The largest absolute Gasteiger partial charge is 0.358 e. The fraction of sp³-hybridized carbons (Fsp3) is 0.500. The lowest BCUT2D eigenvalue weighted by Gasteiger charge is -2.22. The highest BCUT2D eigenvalue weighted by Gasteiger charge is 2.39. The van der Waals surface area contributed by atoms with Gasteiger partial charge in [-0.15, -0.1) is 0 Å². The van der Waals surface area contributed by atoms with Crippen molar-refractivity contribution in [1.82, 2.24) is 4.98 Å². The average Bonchev–Trinajstić information content (AvgIpc) is 3.03. The number of benzene rings is 1. The van der Waals surface area contributed by atoms with Crippen molar-refractivity contribution < 1.29 is 0 Å². The molecule has 1 aromatic carbocycles. The van der Waals surface area contributed by atoms with Gasteiger partial charge in [0.25, 0.3) is 0 Å². The number of fused-ring (bicyclic) bond motifs is 3. The van der Waals surface area contributed by atoms with Gasteiger partial charge in [-0.1, -0.05) is 35.4 Å². The van der Waals surface area contributed by atoms with Crippen LogP contribution in [0.25, 0.3) is 10.2 Å². The third-order valence-electron chi connectivity index (χ3n) is 4.41. The second-order valence-electron chi connectivity index (χ2n) is 5.53. The van der Waals surface area contributed by atoms with Gasteiger partial charge in [0.15, 0.2) is 5.13 Å². The highest BCUT2D eigenvalue weighted by molar-refractivity contribution is 7.22. The SMILES string of the molecule is Clc1cccc2nc(NC3CC4CCC3C4)sc12. The zero-order valence-electron chi connectivity index (χ0n) is 10.0. The van der Waals surface area contributed by atoms with Gasteiger partial charge in [-0.05, 0) is 43.2 Å². The van der Waals surface area contributed by atoms with E-state index in [2.05, 4.69) is 10.3 Å². The van der Waals surface area contributed by atoms with Crippen LogP contribution in [0.3, 0.4) is 0 Å². The molecule has 2 nitrogen and oxygen atoms in total. The number of nitrogens with zero attached hydrogens (tertiary/aromatic N) is 1. The van der Waals surface area contributed by atoms with Crippen LogP contribution >= 0.6 is 22.9 Å². The number of nitrogens with one attached hydrogen (secondary N) is 1. The highest BCUT2D eigenvalue weighted by Crippen LogP contribution is 2.46. The monoisotopic (exact) mass is 278 g/mol. The summed E-state index contributed by atoms with van der Waals surface area (Å²) in [4.78, 5) is 4.64. The van der Waals surface area contributed by atoms with Gasteiger partial charge in [0.1, 0.15) is 0 Å². The summed E-state index contributed by atoms with van der Waals surface area (Å²) in [6.07, 6.45) is 5.58. The minimum absolute atomic E-state index is 0.642. The highest BCUT2D eigenvalue weighted by atomic mass is 35.5. The molecule has 3 atom stereocenters. The van der Waals surface area contributed by atoms with Gasteiger partial charge < -0.3 is 5.32 Å². The Morgan fingerprint density at radius 3 is 2.94 bits per heavy atom. The van der Waals surface area contributed by atoms with E-state index in [1.54, 1.807) is 11.3 Å². The maximum Gasteiger partial charge on any atom is 0.184 e. The summed E-state index contributed by atoms with van der Waals surface area (Å²) in [5, 5.41) is 5.49. The molecule has 2 saturated carbocycles. The van der Waals surface area contributed by atoms with Crippen molar-refractivity contribution in [2.75, 3.05) is 5.32 Å². The molecule has 2 aromatic rings. The quantitative estimate of drug-likeness (QED) is 0.872. The van der Waals surface area contributed by atoms with Crippen LogP contribution in [0.4, 0.5) is 5.13 Å². The second-order valence-corrected chi connectivity index (χ2v) is 6.94. The third kappa shape index (κ3) is 1.72. The zero-order chi connectivity index (χ0) is 12.1. The minimum Gasteiger partial charge on any atom is -0.358 e. The van der Waals surface area contributed by atoms with E-state index in [9.17, 15) is 0 Å². The van der Waals surface area contributed by atoms with Crippen molar-refractivity contribution in [1.29, 1.82) is 0 Å². The Morgan fingerprint density at radius 2 is 2.22 bits per heavy atom. The molecule has 4 rings (SSSR count). The summed E-state index contributed by atoms with van der Waals surface area (Å²) in [6.45, 7) is 0. The number of halogens is 1. The predicted octanol–water partition coefficient (Wildman–Crippen LogP) is 4.55. The van der Waals surface area contributed by atoms with Gasteiger partial charge in [0.2, 0.25) is 0 Å². The molecule has 4 heteroatoms. The van der Waals surface area contributed by atoms with E-state index in [0.717, 1.165) is 32.2 Å². The fourth-order valence-corrected chi connectivity index (χ4v) is 4.77. The van der Waals surface area contributed by atoms with Crippen molar-refractivity contribution in [3.05, 3.63) is 23.2 Å². The van der Waals surface area contributed by atoms with Crippen LogP contribution in [-0.4, -0.2) is 11.0 Å². The van der Waals surface area contributed by atoms with Crippen molar-refractivity contribution in [3.63, 3.8) is 0 Å². The lowest BCUT2D eigenvalue weighted by Crippen LogP contribution is -2.25. The standard InChI is InChI=1S/C14H15ClN2S/c15-10-2-1-3-11-13(10)18-14(16-11)17-12-7-8-4-5-9(12)6-8/h1-3,8-9,12H,4-7H2,(H,16,17). The zero-order valence-corrected chi connectivity index (χ0v) is 11.6. The summed E-state index contributed by atoms with van der Waals surface area (Å²) in [7, 11) is 0. The second kappa shape index (κ2) is 4.10. The molecule has 1 N–H and O–H groups in total. The number of anilines is 1. The number of rotatable bonds is 2. The molecule has 2 bridgehead atoms. The first-order chi connectivity index (χ1) is 8.79. The summed E-state index contributed by atoms with van der Waals surface area (Å²) in [5.41, 5.74) is 1.01. The Hall–Kier alpha value is -0.800. The smallest absolute Gasteiger partial charge is 0.184 e. The van der Waals surface area contributed by atoms with Gasteiger partial charge in [-0.2, -0.15) is 0 Å². The topological polar surface area (TPSA) is 24.9 Å². The first-order valence-electron chi connectivity index (χ1n) is 6.61. The molecule has 0 aliphatic heterocycles. The molecular weight excluding hydrogens is 264 g/mol. The molecule has 2 aliphatic carbocycles. The first kappa shape index (κ1) is 11.1. The van der Waals surface area contributed by atoms with Crippen LogP contribution < -0.4 is 5.32 Å². The van der Waals surface area contributed by atoms with Gasteiger partial charge >= 0.3 is 0 Å². The van der Waals surface area contributed by atoms with Gasteiger partial charge in [0, 0.05) is 6.04 Å². The Balaban J connectivity index is 1.61. The third-order valence-corrected chi connectivity index (χ3v) is 5.88. The molecule has 0 radical (unpaired) electrons. The number of hydrogen-bond acceptors (Lipinski definition) is 3. The van der Waals surface area contributed by atoms with E-state index in [4.69, 9.17) is 11.6 Å². The van der Waals surface area contributed by atoms with Crippen LogP contribution in [0.1, 0.15) is 25.7 Å². The number of thiazole rings is 1. The van der Waals surface area contributed by atoms with Crippen molar-refractivity contribution >= 4 is 38.3 Å². The minimum atomic E-state index is 0.642. The number of hydrogen-bond donors (Lipinski definition) is 1. The van der Waals surface area contributed by atoms with Crippen LogP contribution in [0.2, 0.25) is 5.02 Å². The summed E-state index contributed by atoms with van der Waals surface area (Å²) >= 11 is 7.88. The lowest BCUT2D eigenvalue weighted by molar-refractivity contribution is 0.439. The molecule has 18 heavy (non-hydrogen) atoms. The maximum absolute atomic E-state index is 6.19. The van der Waals surface area contributed by atoms with Crippen molar-refractivity contribution in [3.8, 4) is 0 Å². The van der Waals surface area contributed by atoms with E-state index in [1.807, 2.05) is 18.2 Å². The van der Waals surface area contributed by atoms with E-state index < -0.39 is 0 Å². The van der Waals surface area contributed by atoms with Crippen LogP contribution in [0.5, 0.6) is 0 Å². The molecule has 94 valence electrons. The Kier molecular flexibility index (Phi) is 2.52. The van der Waals surface area contributed by atoms with E-state index in [0.29, 0.717) is 6.04 Å². The maximum atomic E-state index is 6.19. The van der Waals surface area contributed by atoms with Crippen LogP contribution in [0, 0.1) is 11.8 Å². The summed E-state index contributed by atoms with van der Waals surface area (Å²) in [6, 6.07) is 6.57. The molecule has 2 fully saturated rings. The van der Waals surface area contributed by atoms with Crippen molar-refractivity contribution in [2.24, 2.45) is 11.8 Å². The molecule has 0 spiro atoms. The van der Waals surface area contributed by atoms with E-state index in [1.165, 1.54) is 25.7 Å². The van der Waals surface area contributed by atoms with Gasteiger partial charge in [-0.25, -0.2) is 4.98 Å².